The molecule has 1 aliphatic rings. The van der Waals surface area contributed by atoms with Crippen LogP contribution in [0.1, 0.15) is 6.42 Å². The van der Waals surface area contributed by atoms with Gasteiger partial charge in [-0.3, -0.25) is 0 Å². The smallest absolute Gasteiger partial charge is 2.00 e. The summed E-state index contributed by atoms with van der Waals surface area (Å²) >= 11 is 0. The van der Waals surface area contributed by atoms with E-state index in [1.165, 1.54) is 0 Å². The summed E-state index contributed by atoms with van der Waals surface area (Å²) in [7, 11) is -8.98. The first-order chi connectivity index (χ1) is 9.38. The number of methoxy groups -OCH3 is 1. The van der Waals surface area contributed by atoms with Gasteiger partial charge in [-0.05, 0) is 25.7 Å². The van der Waals surface area contributed by atoms with E-state index in [9.17, 15) is 25.2 Å². The predicted octanol–water partition coefficient (Wildman–Crippen LogP) is 4.65. The van der Waals surface area contributed by atoms with Crippen molar-refractivity contribution in [3.05, 3.63) is 51.7 Å². The number of ether oxygens (including phenoxy) is 1. The average molecular weight is 394 g/mol. The molecule has 0 amide bonds. The molecule has 127 valence electrons. The second kappa shape index (κ2) is 14.3. The van der Waals surface area contributed by atoms with E-state index < -0.39 is 7.81 Å². The molecule has 22 heavy (non-hydrogen) atoms. The molecule has 4 nitrogen and oxygen atoms in total. The molecule has 1 fully saturated rings. The average Bonchev–Trinajstić information content (AvgIpc) is 2.43. The Balaban J connectivity index is -0.0000000635. The molecule has 1 rings (SSSR count). The van der Waals surface area contributed by atoms with Gasteiger partial charge in [-0.2, -0.15) is 0 Å². The normalized spacial score (nSPS) is 16.2. The van der Waals surface area contributed by atoms with E-state index in [2.05, 4.69) is 26.4 Å². The third-order valence-corrected chi connectivity index (χ3v) is 1.09. The van der Waals surface area contributed by atoms with E-state index in [-0.39, 0.29) is 17.1 Å². The van der Waals surface area contributed by atoms with Gasteiger partial charge < -0.3 is 4.74 Å². The van der Waals surface area contributed by atoms with Crippen molar-refractivity contribution < 1.29 is 60.9 Å². The van der Waals surface area contributed by atoms with Gasteiger partial charge in [-0.15, -0.1) is 0 Å². The van der Waals surface area contributed by atoms with E-state index in [0.717, 1.165) is 12.5 Å². The van der Waals surface area contributed by atoms with Gasteiger partial charge in [0.15, 0.2) is 0 Å². The van der Waals surface area contributed by atoms with Crippen LogP contribution in [0.3, 0.4) is 0 Å². The molecule has 0 aromatic heterocycles. The number of hydrogen-bond acceptors (Lipinski definition) is 1. The van der Waals surface area contributed by atoms with Gasteiger partial charge in [0.05, 0.1) is 0 Å². The molecule has 0 saturated heterocycles. The van der Waals surface area contributed by atoms with Crippen molar-refractivity contribution in [3.8, 4) is 0 Å². The molecule has 0 spiro atoms. The Hall–Kier alpha value is -0.291. The largest absolute Gasteiger partial charge is 2.00 e. The summed E-state index contributed by atoms with van der Waals surface area (Å²) in [4.78, 5) is 0. The van der Waals surface area contributed by atoms with Crippen LogP contribution in [-0.4, -0.2) is 7.11 Å². The second-order valence-corrected chi connectivity index (χ2v) is 4.52. The van der Waals surface area contributed by atoms with Crippen LogP contribution in [0.4, 0.5) is 25.2 Å². The first kappa shape index (κ1) is 33.3. The summed E-state index contributed by atoms with van der Waals surface area (Å²) in [6.45, 7) is 13.5. The predicted molar refractivity (Wildman–Crippen MR) is 57.4 cm³/mol. The fraction of sp³-hybridized carbons (Fsp3) is 0.200. The van der Waals surface area contributed by atoms with Crippen LogP contribution in [0.5, 0.6) is 0 Å². The standard InChI is InChI=1S/C7H9O.3CO.F6P.Fe/c1-8-7-5-3-2-4-6-7;3*1-2;1-7(2,3,4,5)6;/h2-3,5-6H,4H2,1H3;;;;;/q;;;;-1;+2. The minimum absolute atomic E-state index is 0. The van der Waals surface area contributed by atoms with Crippen molar-refractivity contribution in [2.24, 2.45) is 0 Å². The van der Waals surface area contributed by atoms with Gasteiger partial charge in [0, 0.05) is 13.5 Å². The summed E-state index contributed by atoms with van der Waals surface area (Å²) in [6, 6.07) is 0. The van der Waals surface area contributed by atoms with E-state index >= 15 is 0 Å². The molecule has 12 heteroatoms. The summed E-state index contributed by atoms with van der Waals surface area (Å²) in [5, 5.41) is 0. The maximum atomic E-state index is 9.87. The Morgan fingerprint density at radius 3 is 1.41 bits per heavy atom. The zero-order valence-electron chi connectivity index (χ0n) is 10.7. The van der Waals surface area contributed by atoms with Gasteiger partial charge in [0.25, 0.3) is 0 Å². The minimum atomic E-state index is -10.7. The third-order valence-electron chi connectivity index (χ3n) is 1.09. The Morgan fingerprint density at radius 2 is 1.27 bits per heavy atom. The van der Waals surface area contributed by atoms with Crippen LogP contribution in [0.15, 0.2) is 0 Å². The van der Waals surface area contributed by atoms with Crippen LogP contribution in [0.25, 0.3) is 0 Å². The molecule has 0 bridgehead atoms. The van der Waals surface area contributed by atoms with Crippen molar-refractivity contribution in [2.45, 2.75) is 6.42 Å². The monoisotopic (exact) mass is 394 g/mol. The third kappa shape index (κ3) is 73.2. The van der Waals surface area contributed by atoms with E-state index in [1.807, 2.05) is 19.3 Å². The van der Waals surface area contributed by atoms with Crippen molar-refractivity contribution in [1.29, 1.82) is 0 Å². The van der Waals surface area contributed by atoms with E-state index in [4.69, 9.17) is 18.7 Å². The Bertz CT molecular complexity index is 281. The quantitative estimate of drug-likeness (QED) is 0.210. The molecule has 0 atom stereocenters. The van der Waals surface area contributed by atoms with Gasteiger partial charge in [-0.1, -0.05) is 0 Å². The molecule has 0 heterocycles. The Kier molecular flexibility index (Phi) is 21.7. The SMILES string of the molecule is CO[C]1[CH][CH][CH]C[CH]1.F[P-](F)(F)(F)(F)F.[C-]#[O+].[C-]#[O+].[C-]#[O+].[Fe+2]. The van der Waals surface area contributed by atoms with Crippen molar-refractivity contribution in [3.63, 3.8) is 0 Å². The molecular formula is C10H9F6FeO4P+. The number of rotatable bonds is 1. The maximum Gasteiger partial charge on any atom is 2.00 e. The number of halogens is 6. The molecule has 0 N–H and O–H groups in total. The minimum Gasteiger partial charge on any atom is 2.00 e. The summed E-state index contributed by atoms with van der Waals surface area (Å²) in [5.74, 6) is 0. The Morgan fingerprint density at radius 1 is 0.955 bits per heavy atom. The summed E-state index contributed by atoms with van der Waals surface area (Å²) < 4.78 is 86.6. The van der Waals surface area contributed by atoms with Crippen LogP contribution in [0.2, 0.25) is 0 Å². The van der Waals surface area contributed by atoms with Crippen LogP contribution in [-0.2, 0) is 35.8 Å². The van der Waals surface area contributed by atoms with Crippen LogP contribution in [0, 0.1) is 51.7 Å². The molecule has 5 radical (unpaired) electrons. The van der Waals surface area contributed by atoms with Gasteiger partial charge >= 0.3 is 84.0 Å². The Labute approximate surface area is 134 Å². The van der Waals surface area contributed by atoms with Crippen LogP contribution < -0.4 is 0 Å². The van der Waals surface area contributed by atoms with Crippen molar-refractivity contribution >= 4 is 7.81 Å². The number of hydrogen-bond donors (Lipinski definition) is 0. The zero-order valence-corrected chi connectivity index (χ0v) is 12.7. The summed E-state index contributed by atoms with van der Waals surface area (Å²) in [5.41, 5.74) is 0. The molecular weight excluding hydrogens is 385 g/mol. The zero-order chi connectivity index (χ0) is 18.2. The molecule has 1 saturated carbocycles. The molecule has 0 unspecified atom stereocenters. The first-order valence-electron chi connectivity index (χ1n) is 4.30. The maximum absolute atomic E-state index is 10.7. The topological polar surface area (TPSA) is 68.9 Å². The van der Waals surface area contributed by atoms with Gasteiger partial charge in [-0.25, -0.2) is 0 Å². The van der Waals surface area contributed by atoms with E-state index in [0.29, 0.717) is 0 Å². The molecule has 1 aliphatic carbocycles. The van der Waals surface area contributed by atoms with Crippen molar-refractivity contribution in [1.82, 2.24) is 0 Å². The van der Waals surface area contributed by atoms with E-state index in [1.54, 1.807) is 7.11 Å². The summed E-state index contributed by atoms with van der Waals surface area (Å²) in [6.07, 6.45) is 10.0. The van der Waals surface area contributed by atoms with Gasteiger partial charge in [0.1, 0.15) is 6.10 Å². The van der Waals surface area contributed by atoms with Crippen molar-refractivity contribution in [2.75, 3.05) is 7.11 Å². The first-order valence-corrected chi connectivity index (χ1v) is 6.33. The van der Waals surface area contributed by atoms with Gasteiger partial charge in [0.2, 0.25) is 0 Å². The fourth-order valence-electron chi connectivity index (χ4n) is 0.645. The fourth-order valence-corrected chi connectivity index (χ4v) is 0.645. The second-order valence-electron chi connectivity index (χ2n) is 2.60. The molecule has 0 aromatic rings. The van der Waals surface area contributed by atoms with Crippen LogP contribution >= 0.6 is 7.81 Å². The molecule has 0 aliphatic heterocycles. The molecule has 0 aromatic carbocycles.